The van der Waals surface area contributed by atoms with Gasteiger partial charge < -0.3 is 0 Å². The van der Waals surface area contributed by atoms with Crippen LogP contribution in [0.4, 0.5) is 0 Å². The Balaban J connectivity index is 1.67. The second kappa shape index (κ2) is 7.52. The number of hydrogen-bond donors (Lipinski definition) is 0. The van der Waals surface area contributed by atoms with Crippen molar-refractivity contribution in [3.63, 3.8) is 0 Å². The molecule has 0 aliphatic rings. The van der Waals surface area contributed by atoms with Crippen LogP contribution in [0.1, 0.15) is 31.2 Å². The standard InChI is InChI=1S/C24H16O2S/c25-23(19-14-12-18(13-15-19)17-7-2-1-3-8-17)20-9-4-5-10-21(20)24(26)22-11-6-16-27-22/h1-16H. The summed E-state index contributed by atoms with van der Waals surface area (Å²) in [4.78, 5) is 26.4. The first-order valence-corrected chi connectivity index (χ1v) is 9.49. The van der Waals surface area contributed by atoms with Crippen LogP contribution >= 0.6 is 11.3 Å². The minimum absolute atomic E-state index is 0.116. The molecule has 0 radical (unpaired) electrons. The second-order valence-electron chi connectivity index (χ2n) is 6.12. The Morgan fingerprint density at radius 2 is 1.15 bits per heavy atom. The van der Waals surface area contributed by atoms with E-state index in [-0.39, 0.29) is 11.6 Å². The van der Waals surface area contributed by atoms with Crippen LogP contribution in [-0.2, 0) is 0 Å². The summed E-state index contributed by atoms with van der Waals surface area (Å²) in [6.07, 6.45) is 0. The van der Waals surface area contributed by atoms with Crippen molar-refractivity contribution in [2.45, 2.75) is 0 Å². The number of hydrogen-bond acceptors (Lipinski definition) is 3. The van der Waals surface area contributed by atoms with Crippen molar-refractivity contribution in [2.24, 2.45) is 0 Å². The third-order valence-corrected chi connectivity index (χ3v) is 5.28. The molecule has 0 atom stereocenters. The summed E-state index contributed by atoms with van der Waals surface area (Å²) in [6.45, 7) is 0. The smallest absolute Gasteiger partial charge is 0.203 e. The molecule has 4 rings (SSSR count). The van der Waals surface area contributed by atoms with E-state index in [1.54, 1.807) is 30.3 Å². The zero-order chi connectivity index (χ0) is 18.6. The Labute approximate surface area is 161 Å². The van der Waals surface area contributed by atoms with Gasteiger partial charge in [0.2, 0.25) is 5.78 Å². The van der Waals surface area contributed by atoms with Gasteiger partial charge in [-0.25, -0.2) is 0 Å². The van der Waals surface area contributed by atoms with Gasteiger partial charge in [-0.3, -0.25) is 9.59 Å². The number of ketones is 2. The average Bonchev–Trinajstić information content (AvgIpc) is 3.28. The highest BCUT2D eigenvalue weighted by molar-refractivity contribution is 7.12. The Morgan fingerprint density at radius 1 is 0.556 bits per heavy atom. The molecule has 0 saturated carbocycles. The predicted molar refractivity (Wildman–Crippen MR) is 110 cm³/mol. The fourth-order valence-electron chi connectivity index (χ4n) is 3.02. The molecule has 0 aliphatic heterocycles. The van der Waals surface area contributed by atoms with Crippen LogP contribution in [0.15, 0.2) is 96.4 Å². The maximum absolute atomic E-state index is 13.0. The summed E-state index contributed by atoms with van der Waals surface area (Å²) in [5.74, 6) is -0.259. The van der Waals surface area contributed by atoms with E-state index >= 15 is 0 Å². The van der Waals surface area contributed by atoms with Crippen molar-refractivity contribution < 1.29 is 9.59 Å². The molecule has 0 unspecified atom stereocenters. The molecule has 1 heterocycles. The number of thiophene rings is 1. The van der Waals surface area contributed by atoms with Crippen LogP contribution in [0, 0.1) is 0 Å². The highest BCUT2D eigenvalue weighted by atomic mass is 32.1. The summed E-state index contributed by atoms with van der Waals surface area (Å²) in [5, 5.41) is 1.86. The molecule has 4 aromatic rings. The van der Waals surface area contributed by atoms with Crippen molar-refractivity contribution >= 4 is 22.9 Å². The summed E-state index contributed by atoms with van der Waals surface area (Å²) in [5.41, 5.74) is 3.60. The highest BCUT2D eigenvalue weighted by Gasteiger charge is 2.19. The lowest BCUT2D eigenvalue weighted by molar-refractivity contribution is 0.100. The van der Waals surface area contributed by atoms with Crippen LogP contribution in [0.5, 0.6) is 0 Å². The van der Waals surface area contributed by atoms with Gasteiger partial charge in [-0.05, 0) is 22.6 Å². The first-order chi connectivity index (χ1) is 13.2. The summed E-state index contributed by atoms with van der Waals surface area (Å²) < 4.78 is 0. The molecule has 0 bridgehead atoms. The van der Waals surface area contributed by atoms with E-state index in [4.69, 9.17) is 0 Å². The van der Waals surface area contributed by atoms with Gasteiger partial charge in [-0.1, -0.05) is 84.9 Å². The van der Waals surface area contributed by atoms with Gasteiger partial charge in [0, 0.05) is 16.7 Å². The molecule has 0 aliphatic carbocycles. The number of carbonyl (C=O) groups excluding carboxylic acids is 2. The SMILES string of the molecule is O=C(c1ccc(-c2ccccc2)cc1)c1ccccc1C(=O)c1cccs1. The third kappa shape index (κ3) is 3.50. The lowest BCUT2D eigenvalue weighted by atomic mass is 9.94. The summed E-state index contributed by atoms with van der Waals surface area (Å²) in [6, 6.07) is 28.2. The number of benzene rings is 3. The van der Waals surface area contributed by atoms with E-state index < -0.39 is 0 Å². The molecule has 0 saturated heterocycles. The van der Waals surface area contributed by atoms with E-state index in [1.807, 2.05) is 66.0 Å². The second-order valence-corrected chi connectivity index (χ2v) is 7.07. The molecule has 0 amide bonds. The first kappa shape index (κ1) is 17.1. The zero-order valence-electron chi connectivity index (χ0n) is 14.5. The zero-order valence-corrected chi connectivity index (χ0v) is 15.3. The predicted octanol–water partition coefficient (Wildman–Crippen LogP) is 5.88. The van der Waals surface area contributed by atoms with Gasteiger partial charge in [-0.2, -0.15) is 0 Å². The van der Waals surface area contributed by atoms with E-state index in [1.165, 1.54) is 11.3 Å². The van der Waals surface area contributed by atoms with Gasteiger partial charge >= 0.3 is 0 Å². The molecule has 0 spiro atoms. The lowest BCUT2D eigenvalue weighted by Gasteiger charge is -2.08. The third-order valence-electron chi connectivity index (χ3n) is 4.42. The minimum atomic E-state index is -0.143. The van der Waals surface area contributed by atoms with Crippen molar-refractivity contribution in [3.05, 3.63) is 118 Å². The maximum Gasteiger partial charge on any atom is 0.203 e. The fraction of sp³-hybridized carbons (Fsp3) is 0. The van der Waals surface area contributed by atoms with Gasteiger partial charge in [0.05, 0.1) is 4.88 Å². The minimum Gasteiger partial charge on any atom is -0.289 e. The number of rotatable bonds is 5. The summed E-state index contributed by atoms with van der Waals surface area (Å²) >= 11 is 1.38. The molecule has 1 aromatic heterocycles. The van der Waals surface area contributed by atoms with Crippen molar-refractivity contribution in [2.75, 3.05) is 0 Å². The molecule has 2 nitrogen and oxygen atoms in total. The van der Waals surface area contributed by atoms with E-state index in [9.17, 15) is 9.59 Å². The van der Waals surface area contributed by atoms with E-state index in [0.29, 0.717) is 21.6 Å². The normalized spacial score (nSPS) is 10.5. The van der Waals surface area contributed by atoms with Gasteiger partial charge in [0.1, 0.15) is 0 Å². The van der Waals surface area contributed by atoms with Crippen LogP contribution in [0.25, 0.3) is 11.1 Å². The Kier molecular flexibility index (Phi) is 4.77. The topological polar surface area (TPSA) is 34.1 Å². The highest BCUT2D eigenvalue weighted by Crippen LogP contribution is 2.23. The van der Waals surface area contributed by atoms with Gasteiger partial charge in [0.25, 0.3) is 0 Å². The molecule has 3 aromatic carbocycles. The Bertz CT molecular complexity index is 1080. The largest absolute Gasteiger partial charge is 0.289 e. The van der Waals surface area contributed by atoms with E-state index in [2.05, 4.69) is 0 Å². The van der Waals surface area contributed by atoms with Crippen molar-refractivity contribution in [1.82, 2.24) is 0 Å². The Hall–Kier alpha value is -3.30. The quantitative estimate of drug-likeness (QED) is 0.412. The van der Waals surface area contributed by atoms with Crippen LogP contribution in [0.2, 0.25) is 0 Å². The monoisotopic (exact) mass is 368 g/mol. The maximum atomic E-state index is 13.0. The van der Waals surface area contributed by atoms with Gasteiger partial charge in [0.15, 0.2) is 5.78 Å². The van der Waals surface area contributed by atoms with Gasteiger partial charge in [-0.15, -0.1) is 11.3 Å². The van der Waals surface area contributed by atoms with Crippen LogP contribution in [0.3, 0.4) is 0 Å². The molecular weight excluding hydrogens is 352 g/mol. The van der Waals surface area contributed by atoms with Crippen molar-refractivity contribution in [3.8, 4) is 11.1 Å². The first-order valence-electron chi connectivity index (χ1n) is 8.61. The Morgan fingerprint density at radius 3 is 1.78 bits per heavy atom. The van der Waals surface area contributed by atoms with E-state index in [0.717, 1.165) is 11.1 Å². The molecule has 3 heteroatoms. The number of carbonyl (C=O) groups is 2. The molecule has 0 fully saturated rings. The molecular formula is C24H16O2S. The van der Waals surface area contributed by atoms with Crippen LogP contribution < -0.4 is 0 Å². The lowest BCUT2D eigenvalue weighted by Crippen LogP contribution is -2.10. The van der Waals surface area contributed by atoms with Crippen molar-refractivity contribution in [1.29, 1.82) is 0 Å². The molecule has 0 N–H and O–H groups in total. The summed E-state index contributed by atoms with van der Waals surface area (Å²) in [7, 11) is 0. The van der Waals surface area contributed by atoms with Crippen LogP contribution in [-0.4, -0.2) is 11.6 Å². The average molecular weight is 368 g/mol. The molecule has 27 heavy (non-hydrogen) atoms. The molecule has 130 valence electrons. The fourth-order valence-corrected chi connectivity index (χ4v) is 3.70.